The number of benzene rings is 1. The van der Waals surface area contributed by atoms with Gasteiger partial charge in [-0.2, -0.15) is 13.2 Å². The van der Waals surface area contributed by atoms with Crippen LogP contribution >= 0.6 is 0 Å². The van der Waals surface area contributed by atoms with E-state index >= 15 is 0 Å². The monoisotopic (exact) mass is 331 g/mol. The van der Waals surface area contributed by atoms with Gasteiger partial charge in [0.05, 0.1) is 12.2 Å². The van der Waals surface area contributed by atoms with Gasteiger partial charge in [-0.05, 0) is 24.3 Å². The van der Waals surface area contributed by atoms with Crippen molar-refractivity contribution in [1.82, 2.24) is 5.32 Å². The van der Waals surface area contributed by atoms with Gasteiger partial charge in [0.25, 0.3) is 5.91 Å². The van der Waals surface area contributed by atoms with E-state index < -0.39 is 42.2 Å². The Kier molecular flexibility index (Phi) is 4.87. The first-order valence-electron chi connectivity index (χ1n) is 6.59. The van der Waals surface area contributed by atoms with E-state index in [2.05, 4.69) is 10.1 Å². The number of hydrogen-bond donors (Lipinski definition) is 1. The molecular formula is C14H12F3NO5. The summed E-state index contributed by atoms with van der Waals surface area (Å²) >= 11 is 0. The highest BCUT2D eigenvalue weighted by atomic mass is 19.4. The number of alkyl halides is 3. The van der Waals surface area contributed by atoms with Gasteiger partial charge in [0.15, 0.2) is 0 Å². The number of carbonyl (C=O) groups excluding carboxylic acids is 3. The molecule has 1 atom stereocenters. The molecule has 2 rings (SSSR count). The Morgan fingerprint density at radius 3 is 2.43 bits per heavy atom. The fraction of sp³-hybridized carbons (Fsp3) is 0.357. The smallest absolute Gasteiger partial charge is 0.416 e. The van der Waals surface area contributed by atoms with Gasteiger partial charge in [-0.25, -0.2) is 4.79 Å². The molecule has 9 heteroatoms. The number of halogens is 3. The fourth-order valence-corrected chi connectivity index (χ4v) is 1.85. The third-order valence-electron chi connectivity index (χ3n) is 3.03. The summed E-state index contributed by atoms with van der Waals surface area (Å²) in [6, 6.07) is 3.53. The number of esters is 2. The van der Waals surface area contributed by atoms with Crippen LogP contribution in [0.15, 0.2) is 24.3 Å². The van der Waals surface area contributed by atoms with Crippen molar-refractivity contribution in [2.75, 3.05) is 13.2 Å². The molecule has 1 fully saturated rings. The van der Waals surface area contributed by atoms with Crippen molar-refractivity contribution in [3.05, 3.63) is 35.4 Å². The van der Waals surface area contributed by atoms with Crippen molar-refractivity contribution >= 4 is 17.8 Å². The Morgan fingerprint density at radius 2 is 1.91 bits per heavy atom. The van der Waals surface area contributed by atoms with E-state index in [1.165, 1.54) is 0 Å². The maximum Gasteiger partial charge on any atom is 0.416 e. The van der Waals surface area contributed by atoms with Crippen LogP contribution < -0.4 is 5.32 Å². The van der Waals surface area contributed by atoms with Crippen LogP contribution in [0.25, 0.3) is 0 Å². The van der Waals surface area contributed by atoms with Crippen molar-refractivity contribution in [3.63, 3.8) is 0 Å². The molecule has 1 aromatic rings. The summed E-state index contributed by atoms with van der Waals surface area (Å²) in [5.74, 6) is -2.22. The van der Waals surface area contributed by atoms with Crippen LogP contribution in [0.5, 0.6) is 0 Å². The molecule has 0 unspecified atom stereocenters. The molecule has 1 saturated heterocycles. The second-order valence-electron chi connectivity index (χ2n) is 4.69. The summed E-state index contributed by atoms with van der Waals surface area (Å²) in [4.78, 5) is 34.3. The zero-order chi connectivity index (χ0) is 17.0. The quantitative estimate of drug-likeness (QED) is 0.841. The van der Waals surface area contributed by atoms with Crippen molar-refractivity contribution in [3.8, 4) is 0 Å². The minimum Gasteiger partial charge on any atom is -0.463 e. The van der Waals surface area contributed by atoms with Crippen molar-refractivity contribution in [2.24, 2.45) is 0 Å². The van der Waals surface area contributed by atoms with E-state index in [4.69, 9.17) is 4.74 Å². The second-order valence-corrected chi connectivity index (χ2v) is 4.69. The molecule has 23 heavy (non-hydrogen) atoms. The Balaban J connectivity index is 1.84. The maximum absolute atomic E-state index is 12.4. The maximum atomic E-state index is 12.4. The first-order chi connectivity index (χ1) is 10.8. The third kappa shape index (κ3) is 4.44. The molecule has 1 N–H and O–H groups in total. The highest BCUT2D eigenvalue weighted by molar-refractivity contribution is 5.96. The van der Waals surface area contributed by atoms with Crippen molar-refractivity contribution < 1.29 is 37.0 Å². The summed E-state index contributed by atoms with van der Waals surface area (Å²) in [6.07, 6.45) is -5.22. The zero-order valence-corrected chi connectivity index (χ0v) is 11.7. The summed E-state index contributed by atoms with van der Waals surface area (Å²) in [7, 11) is 0. The first kappa shape index (κ1) is 16.8. The van der Waals surface area contributed by atoms with Crippen molar-refractivity contribution in [1.29, 1.82) is 0 Å². The van der Waals surface area contributed by atoms with Crippen LogP contribution in [0.1, 0.15) is 22.3 Å². The Bertz CT molecular complexity index is 612. The molecule has 0 aromatic heterocycles. The lowest BCUT2D eigenvalue weighted by Gasteiger charge is -2.10. The lowest BCUT2D eigenvalue weighted by Crippen LogP contribution is -2.33. The zero-order valence-electron chi connectivity index (χ0n) is 11.7. The van der Waals surface area contributed by atoms with E-state index in [1.54, 1.807) is 0 Å². The molecule has 1 heterocycles. The number of cyclic esters (lactones) is 1. The van der Waals surface area contributed by atoms with Gasteiger partial charge in [0.1, 0.15) is 6.54 Å². The lowest BCUT2D eigenvalue weighted by atomic mass is 10.1. The Hall–Kier alpha value is -2.58. The molecule has 0 aliphatic carbocycles. The largest absolute Gasteiger partial charge is 0.463 e. The minimum atomic E-state index is -4.49. The van der Waals surface area contributed by atoms with Gasteiger partial charge < -0.3 is 14.8 Å². The van der Waals surface area contributed by atoms with E-state index in [-0.39, 0.29) is 18.6 Å². The average Bonchev–Trinajstić information content (AvgIpc) is 2.89. The van der Waals surface area contributed by atoms with Gasteiger partial charge in [-0.1, -0.05) is 0 Å². The molecule has 1 aliphatic rings. The molecule has 0 radical (unpaired) electrons. The van der Waals surface area contributed by atoms with Gasteiger partial charge in [0, 0.05) is 12.0 Å². The summed E-state index contributed by atoms with van der Waals surface area (Å²) in [5, 5.41) is 2.20. The van der Waals surface area contributed by atoms with Crippen LogP contribution in [-0.2, 0) is 25.2 Å². The van der Waals surface area contributed by atoms with Crippen LogP contribution in [0.4, 0.5) is 13.2 Å². The predicted octanol–water partition coefficient (Wildman–Crippen LogP) is 1.29. The number of nitrogens with one attached hydrogen (secondary N) is 1. The molecule has 0 spiro atoms. The summed E-state index contributed by atoms with van der Waals surface area (Å²) in [6.45, 7) is -0.349. The van der Waals surface area contributed by atoms with Gasteiger partial charge in [0.2, 0.25) is 6.10 Å². The van der Waals surface area contributed by atoms with E-state index in [0.717, 1.165) is 24.3 Å². The number of rotatable bonds is 4. The Morgan fingerprint density at radius 1 is 1.26 bits per heavy atom. The number of hydrogen-bond acceptors (Lipinski definition) is 5. The number of ether oxygens (including phenoxy) is 2. The molecule has 1 aromatic carbocycles. The molecule has 124 valence electrons. The van der Waals surface area contributed by atoms with Crippen LogP contribution in [0, 0.1) is 0 Å². The fourth-order valence-electron chi connectivity index (χ4n) is 1.85. The minimum absolute atomic E-state index is 0.0360. The van der Waals surface area contributed by atoms with Crippen LogP contribution in [0.3, 0.4) is 0 Å². The van der Waals surface area contributed by atoms with Gasteiger partial charge >= 0.3 is 18.1 Å². The highest BCUT2D eigenvalue weighted by Crippen LogP contribution is 2.29. The molecule has 6 nitrogen and oxygen atoms in total. The second kappa shape index (κ2) is 6.67. The Labute approximate surface area is 128 Å². The van der Waals surface area contributed by atoms with Gasteiger partial charge in [-0.3, -0.25) is 9.59 Å². The highest BCUT2D eigenvalue weighted by Gasteiger charge is 2.31. The third-order valence-corrected chi connectivity index (χ3v) is 3.03. The van der Waals surface area contributed by atoms with E-state index in [0.29, 0.717) is 0 Å². The summed E-state index contributed by atoms with van der Waals surface area (Å²) in [5.41, 5.74) is -0.917. The number of carbonyl (C=O) groups is 3. The normalized spacial score (nSPS) is 17.5. The molecular weight excluding hydrogens is 319 g/mol. The molecule has 1 aliphatic heterocycles. The van der Waals surface area contributed by atoms with Crippen molar-refractivity contribution in [2.45, 2.75) is 18.7 Å². The SMILES string of the molecule is O=C(CNC(=O)c1ccc(C(F)(F)F)cc1)O[C@H]1CCOC1=O. The van der Waals surface area contributed by atoms with Gasteiger partial charge in [-0.15, -0.1) is 0 Å². The van der Waals surface area contributed by atoms with E-state index in [1.807, 2.05) is 0 Å². The first-order valence-corrected chi connectivity index (χ1v) is 6.59. The standard InChI is InChI=1S/C14H12F3NO5/c15-14(16,17)9-3-1-8(2-4-9)12(20)18-7-11(19)23-10-5-6-22-13(10)21/h1-4,10H,5-7H2,(H,18,20)/t10-/m0/s1. The topological polar surface area (TPSA) is 81.7 Å². The van der Waals surface area contributed by atoms with E-state index in [9.17, 15) is 27.6 Å². The molecule has 0 saturated carbocycles. The average molecular weight is 331 g/mol. The number of amides is 1. The van der Waals surface area contributed by atoms with Crippen LogP contribution in [0.2, 0.25) is 0 Å². The predicted molar refractivity (Wildman–Crippen MR) is 69.2 cm³/mol. The lowest BCUT2D eigenvalue weighted by molar-refractivity contribution is -0.159. The van der Waals surface area contributed by atoms with Crippen LogP contribution in [-0.4, -0.2) is 37.1 Å². The molecule has 0 bridgehead atoms. The molecule has 1 amide bonds. The summed E-state index contributed by atoms with van der Waals surface area (Å²) < 4.78 is 46.6.